The van der Waals surface area contributed by atoms with E-state index in [4.69, 9.17) is 4.42 Å². The van der Waals surface area contributed by atoms with Gasteiger partial charge in [0.15, 0.2) is 0 Å². The third-order valence-electron chi connectivity index (χ3n) is 12.0. The minimum absolute atomic E-state index is 0.141. The maximum Gasteiger partial charge on any atom is 0.136 e. The number of fused-ring (bicyclic) bond motifs is 13. The topological polar surface area (TPSA) is 13.1 Å². The van der Waals surface area contributed by atoms with Crippen LogP contribution in [0, 0.1) is 0 Å². The first-order valence-electron chi connectivity index (χ1n) is 18.4. The Hall–Kier alpha value is -6.22. The summed E-state index contributed by atoms with van der Waals surface area (Å²) in [7, 11) is 0. The van der Waals surface area contributed by atoms with E-state index in [0.29, 0.717) is 0 Å². The molecule has 0 bridgehead atoms. The molecule has 0 N–H and O–H groups in total. The van der Waals surface area contributed by atoms with Crippen LogP contribution in [0.1, 0.15) is 25.0 Å². The van der Waals surface area contributed by atoms with Crippen molar-refractivity contribution in [2.45, 2.75) is 19.3 Å². The molecule has 1 aliphatic rings. The number of hydrogen-bond donors (Lipinski definition) is 0. The van der Waals surface area contributed by atoms with Crippen molar-refractivity contribution in [3.05, 3.63) is 169 Å². The van der Waals surface area contributed by atoms with E-state index >= 15 is 0 Å². The fraction of sp³-hybridized carbons (Fsp3) is 0.0588. The van der Waals surface area contributed by atoms with Crippen molar-refractivity contribution < 1.29 is 4.42 Å². The van der Waals surface area contributed by atoms with Gasteiger partial charge in [-0.3, -0.25) is 0 Å². The summed E-state index contributed by atoms with van der Waals surface area (Å²) in [6, 6.07) is 58.6. The lowest BCUT2D eigenvalue weighted by Gasteiger charge is -2.23. The highest BCUT2D eigenvalue weighted by molar-refractivity contribution is 7.25. The van der Waals surface area contributed by atoms with Crippen LogP contribution in [-0.2, 0) is 5.41 Å². The van der Waals surface area contributed by atoms with Crippen LogP contribution in [0.5, 0.6) is 0 Å². The molecule has 0 amide bonds. The van der Waals surface area contributed by atoms with E-state index in [-0.39, 0.29) is 5.41 Å². The molecule has 0 unspecified atom stereocenters. The Morgan fingerprint density at radius 1 is 0.396 bits per heavy atom. The standard InChI is InChI=1S/C51H32OS/c1-51(2)42-24-21-29-25-41-34-12-8-10-18-46(34)53-47(41)28-40(29)50(42)39-23-20-30(26-43(39)51)48-35-13-3-5-15-37(35)49(38-16-6-4-14-36(38)48)31-19-22-33-32-11-7-9-17-44(32)52-45(33)27-31/h3-28H,1-2H3. The largest absolute Gasteiger partial charge is 0.456 e. The second-order valence-electron chi connectivity index (χ2n) is 15.2. The van der Waals surface area contributed by atoms with Crippen LogP contribution in [0.2, 0.25) is 0 Å². The number of rotatable bonds is 2. The minimum Gasteiger partial charge on any atom is -0.456 e. The SMILES string of the molecule is CC1(C)c2cc(-c3c4ccccc4c(-c4ccc5c(c4)oc4ccccc45)c4ccccc34)ccc2-c2c1ccc1cc3c(cc21)sc1ccccc13. The molecule has 12 rings (SSSR count). The van der Waals surface area contributed by atoms with Crippen LogP contribution in [0.3, 0.4) is 0 Å². The Morgan fingerprint density at radius 2 is 1.00 bits per heavy atom. The lowest BCUT2D eigenvalue weighted by atomic mass is 9.80. The van der Waals surface area contributed by atoms with E-state index in [2.05, 4.69) is 166 Å². The van der Waals surface area contributed by atoms with Gasteiger partial charge in [-0.2, -0.15) is 0 Å². The molecule has 1 aliphatic carbocycles. The maximum absolute atomic E-state index is 6.38. The average Bonchev–Trinajstić information content (AvgIpc) is 3.82. The Balaban J connectivity index is 1.08. The lowest BCUT2D eigenvalue weighted by molar-refractivity contribution is 0.661. The molecule has 11 aromatic rings. The summed E-state index contributed by atoms with van der Waals surface area (Å²) in [5.74, 6) is 0. The van der Waals surface area contributed by atoms with Crippen LogP contribution in [0.15, 0.2) is 162 Å². The lowest BCUT2D eigenvalue weighted by Crippen LogP contribution is -2.15. The van der Waals surface area contributed by atoms with Crippen LogP contribution in [0.25, 0.3) is 108 Å². The first-order valence-corrected chi connectivity index (χ1v) is 19.2. The Labute approximate surface area is 310 Å². The van der Waals surface area contributed by atoms with E-state index in [1.54, 1.807) is 0 Å². The molecule has 1 nitrogen and oxygen atoms in total. The average molecular weight is 693 g/mol. The van der Waals surface area contributed by atoms with Crippen molar-refractivity contribution in [2.24, 2.45) is 0 Å². The number of thiophene rings is 1. The van der Waals surface area contributed by atoms with Crippen molar-refractivity contribution in [1.29, 1.82) is 0 Å². The number of hydrogen-bond acceptors (Lipinski definition) is 2. The molecule has 248 valence electrons. The maximum atomic E-state index is 6.38. The smallest absolute Gasteiger partial charge is 0.136 e. The second-order valence-corrected chi connectivity index (χ2v) is 16.3. The quantitative estimate of drug-likeness (QED) is 0.164. The monoisotopic (exact) mass is 692 g/mol. The number of benzene rings is 9. The predicted octanol–water partition coefficient (Wildman–Crippen LogP) is 15.1. The molecule has 0 saturated heterocycles. The summed E-state index contributed by atoms with van der Waals surface area (Å²) >= 11 is 1.90. The van der Waals surface area contributed by atoms with E-state index < -0.39 is 0 Å². The number of para-hydroxylation sites is 1. The van der Waals surface area contributed by atoms with Gasteiger partial charge in [0.1, 0.15) is 11.2 Å². The van der Waals surface area contributed by atoms with Gasteiger partial charge in [0, 0.05) is 36.4 Å². The van der Waals surface area contributed by atoms with Gasteiger partial charge >= 0.3 is 0 Å². The van der Waals surface area contributed by atoms with Gasteiger partial charge in [-0.15, -0.1) is 11.3 Å². The van der Waals surface area contributed by atoms with Gasteiger partial charge in [-0.05, 0) is 119 Å². The second kappa shape index (κ2) is 10.4. The summed E-state index contributed by atoms with van der Waals surface area (Å²) in [6.45, 7) is 4.80. The van der Waals surface area contributed by atoms with Gasteiger partial charge in [0.05, 0.1) is 0 Å². The Morgan fingerprint density at radius 3 is 1.74 bits per heavy atom. The molecule has 0 atom stereocenters. The van der Waals surface area contributed by atoms with Crippen molar-refractivity contribution in [2.75, 3.05) is 0 Å². The summed E-state index contributed by atoms with van der Waals surface area (Å²) in [5.41, 5.74) is 12.2. The van der Waals surface area contributed by atoms with Crippen LogP contribution >= 0.6 is 11.3 Å². The zero-order valence-electron chi connectivity index (χ0n) is 29.3. The molecule has 0 aliphatic heterocycles. The fourth-order valence-electron chi connectivity index (χ4n) is 9.57. The highest BCUT2D eigenvalue weighted by Crippen LogP contribution is 2.54. The van der Waals surface area contributed by atoms with Gasteiger partial charge < -0.3 is 4.42 Å². The van der Waals surface area contributed by atoms with Gasteiger partial charge in [0.25, 0.3) is 0 Å². The molecular formula is C51H32OS. The molecule has 0 saturated carbocycles. The fourth-order valence-corrected chi connectivity index (χ4v) is 10.7. The van der Waals surface area contributed by atoms with E-state index in [1.165, 1.54) is 97.0 Å². The van der Waals surface area contributed by atoms with Gasteiger partial charge in [-0.1, -0.05) is 129 Å². The van der Waals surface area contributed by atoms with Crippen molar-refractivity contribution >= 4 is 85.8 Å². The molecular weight excluding hydrogens is 661 g/mol. The van der Waals surface area contributed by atoms with Gasteiger partial charge in [0.2, 0.25) is 0 Å². The van der Waals surface area contributed by atoms with Gasteiger partial charge in [-0.25, -0.2) is 0 Å². The first kappa shape index (κ1) is 29.4. The highest BCUT2D eigenvalue weighted by atomic mass is 32.1. The van der Waals surface area contributed by atoms with E-state index in [0.717, 1.165) is 21.9 Å². The predicted molar refractivity (Wildman–Crippen MR) is 228 cm³/mol. The highest BCUT2D eigenvalue weighted by Gasteiger charge is 2.37. The van der Waals surface area contributed by atoms with Crippen LogP contribution in [-0.4, -0.2) is 0 Å². The first-order chi connectivity index (χ1) is 26.0. The molecule has 2 aromatic heterocycles. The zero-order chi connectivity index (χ0) is 35.0. The molecule has 0 fully saturated rings. The van der Waals surface area contributed by atoms with Crippen molar-refractivity contribution in [1.82, 2.24) is 0 Å². The van der Waals surface area contributed by atoms with Crippen LogP contribution < -0.4 is 0 Å². The summed E-state index contributed by atoms with van der Waals surface area (Å²) in [6.07, 6.45) is 0. The Kier molecular flexibility index (Phi) is 5.78. The third kappa shape index (κ3) is 3.96. The molecule has 0 radical (unpaired) electrons. The third-order valence-corrected chi connectivity index (χ3v) is 13.2. The summed E-state index contributed by atoms with van der Waals surface area (Å²) < 4.78 is 9.08. The molecule has 0 spiro atoms. The zero-order valence-corrected chi connectivity index (χ0v) is 30.1. The molecule has 2 heteroatoms. The van der Waals surface area contributed by atoms with E-state index in [9.17, 15) is 0 Å². The molecule has 53 heavy (non-hydrogen) atoms. The van der Waals surface area contributed by atoms with Crippen molar-refractivity contribution in [3.63, 3.8) is 0 Å². The summed E-state index contributed by atoms with van der Waals surface area (Å²) in [4.78, 5) is 0. The van der Waals surface area contributed by atoms with Crippen molar-refractivity contribution in [3.8, 4) is 33.4 Å². The normalized spacial score (nSPS) is 13.6. The number of furan rings is 1. The van der Waals surface area contributed by atoms with E-state index in [1.807, 2.05) is 17.4 Å². The molecule has 2 heterocycles. The Bertz CT molecular complexity index is 3320. The van der Waals surface area contributed by atoms with Crippen LogP contribution in [0.4, 0.5) is 0 Å². The minimum atomic E-state index is -0.141. The summed E-state index contributed by atoms with van der Waals surface area (Å²) in [5, 5.41) is 12.7. The molecule has 9 aromatic carbocycles.